The first-order chi connectivity index (χ1) is 9.20. The SMILES string of the molecule is CCC(C)c1ccc(N(C)CN2CCNCC2)cc1. The summed E-state index contributed by atoms with van der Waals surface area (Å²) in [7, 11) is 2.18. The molecular weight excluding hydrogens is 234 g/mol. The predicted molar refractivity (Wildman–Crippen MR) is 82.9 cm³/mol. The molecule has 1 fully saturated rings. The maximum atomic E-state index is 3.39. The number of rotatable bonds is 5. The van der Waals surface area contributed by atoms with E-state index in [9.17, 15) is 0 Å². The normalized spacial score (nSPS) is 18.3. The third-order valence-electron chi connectivity index (χ3n) is 4.14. The zero-order chi connectivity index (χ0) is 13.7. The topological polar surface area (TPSA) is 18.5 Å². The van der Waals surface area contributed by atoms with Crippen molar-refractivity contribution in [2.45, 2.75) is 26.2 Å². The highest BCUT2D eigenvalue weighted by atomic mass is 15.3. The number of nitrogens with one attached hydrogen (secondary N) is 1. The largest absolute Gasteiger partial charge is 0.362 e. The fraction of sp³-hybridized carbons (Fsp3) is 0.625. The summed E-state index contributed by atoms with van der Waals surface area (Å²) in [6.45, 7) is 10.1. The molecular formula is C16H27N3. The van der Waals surface area contributed by atoms with Crippen LogP contribution in [0.25, 0.3) is 0 Å². The highest BCUT2D eigenvalue weighted by Crippen LogP contribution is 2.22. The second-order valence-corrected chi connectivity index (χ2v) is 5.61. The van der Waals surface area contributed by atoms with Gasteiger partial charge in [0.15, 0.2) is 0 Å². The minimum Gasteiger partial charge on any atom is -0.362 e. The minimum absolute atomic E-state index is 0.660. The van der Waals surface area contributed by atoms with Crippen LogP contribution in [0.3, 0.4) is 0 Å². The summed E-state index contributed by atoms with van der Waals surface area (Å²) in [5, 5.41) is 3.39. The predicted octanol–water partition coefficient (Wildman–Crippen LogP) is 2.50. The van der Waals surface area contributed by atoms with Gasteiger partial charge in [-0.3, -0.25) is 4.90 Å². The number of benzene rings is 1. The highest BCUT2D eigenvalue weighted by Gasteiger charge is 2.12. The molecule has 0 radical (unpaired) electrons. The third-order valence-corrected chi connectivity index (χ3v) is 4.14. The van der Waals surface area contributed by atoms with E-state index in [4.69, 9.17) is 0 Å². The first kappa shape index (κ1) is 14.4. The Balaban J connectivity index is 1.93. The Morgan fingerprint density at radius 2 is 1.84 bits per heavy atom. The number of anilines is 1. The molecule has 1 aromatic carbocycles. The smallest absolute Gasteiger partial charge is 0.0704 e. The molecule has 0 amide bonds. The van der Waals surface area contributed by atoms with Gasteiger partial charge < -0.3 is 10.2 Å². The standard InChI is InChI=1S/C16H27N3/c1-4-14(2)15-5-7-16(8-6-15)18(3)13-19-11-9-17-10-12-19/h5-8,14,17H,4,9-13H2,1-3H3. The molecule has 1 heterocycles. The van der Waals surface area contributed by atoms with Crippen LogP contribution in [0, 0.1) is 0 Å². The van der Waals surface area contributed by atoms with E-state index in [1.165, 1.54) is 17.7 Å². The second kappa shape index (κ2) is 6.92. The molecule has 3 heteroatoms. The summed E-state index contributed by atoms with van der Waals surface area (Å²) in [5.41, 5.74) is 2.76. The highest BCUT2D eigenvalue weighted by molar-refractivity contribution is 5.47. The average Bonchev–Trinajstić information content (AvgIpc) is 2.47. The fourth-order valence-electron chi connectivity index (χ4n) is 2.53. The number of piperazine rings is 1. The van der Waals surface area contributed by atoms with Crippen LogP contribution in [0.2, 0.25) is 0 Å². The van der Waals surface area contributed by atoms with Crippen LogP contribution >= 0.6 is 0 Å². The monoisotopic (exact) mass is 261 g/mol. The van der Waals surface area contributed by atoms with E-state index in [2.05, 4.69) is 60.3 Å². The first-order valence-electron chi connectivity index (χ1n) is 7.45. The van der Waals surface area contributed by atoms with Crippen LogP contribution in [0.15, 0.2) is 24.3 Å². The van der Waals surface area contributed by atoms with Gasteiger partial charge >= 0.3 is 0 Å². The maximum absolute atomic E-state index is 3.39. The van der Waals surface area contributed by atoms with Gasteiger partial charge in [0, 0.05) is 38.9 Å². The van der Waals surface area contributed by atoms with Crippen LogP contribution in [-0.2, 0) is 0 Å². The molecule has 106 valence electrons. The molecule has 1 unspecified atom stereocenters. The van der Waals surface area contributed by atoms with Gasteiger partial charge in [0.1, 0.15) is 0 Å². The van der Waals surface area contributed by atoms with E-state index < -0.39 is 0 Å². The molecule has 2 rings (SSSR count). The van der Waals surface area contributed by atoms with Crippen molar-refractivity contribution in [2.75, 3.05) is 44.8 Å². The van der Waals surface area contributed by atoms with Crippen molar-refractivity contribution in [3.05, 3.63) is 29.8 Å². The van der Waals surface area contributed by atoms with Gasteiger partial charge in [0.25, 0.3) is 0 Å². The molecule has 1 saturated heterocycles. The van der Waals surface area contributed by atoms with Crippen LogP contribution in [0.5, 0.6) is 0 Å². The Hall–Kier alpha value is -1.06. The van der Waals surface area contributed by atoms with Gasteiger partial charge in [-0.15, -0.1) is 0 Å². The van der Waals surface area contributed by atoms with Crippen LogP contribution in [0.4, 0.5) is 5.69 Å². The summed E-state index contributed by atoms with van der Waals surface area (Å²) >= 11 is 0. The van der Waals surface area contributed by atoms with Gasteiger partial charge in [0.2, 0.25) is 0 Å². The van der Waals surface area contributed by atoms with Crippen LogP contribution in [-0.4, -0.2) is 44.8 Å². The van der Waals surface area contributed by atoms with E-state index in [1.54, 1.807) is 0 Å². The molecule has 1 aliphatic heterocycles. The van der Waals surface area contributed by atoms with Crippen molar-refractivity contribution >= 4 is 5.69 Å². The van der Waals surface area contributed by atoms with Gasteiger partial charge in [-0.2, -0.15) is 0 Å². The van der Waals surface area contributed by atoms with E-state index >= 15 is 0 Å². The van der Waals surface area contributed by atoms with Gasteiger partial charge in [0.05, 0.1) is 6.67 Å². The van der Waals surface area contributed by atoms with E-state index in [0.29, 0.717) is 5.92 Å². The summed E-state index contributed by atoms with van der Waals surface area (Å²) in [6, 6.07) is 9.06. The summed E-state index contributed by atoms with van der Waals surface area (Å²) in [5.74, 6) is 0.660. The van der Waals surface area contributed by atoms with Crippen molar-refractivity contribution in [3.8, 4) is 0 Å². The summed E-state index contributed by atoms with van der Waals surface area (Å²) in [6.07, 6.45) is 1.20. The Bertz CT molecular complexity index is 368. The molecule has 1 aliphatic rings. The molecule has 1 atom stereocenters. The van der Waals surface area contributed by atoms with Crippen molar-refractivity contribution in [1.29, 1.82) is 0 Å². The lowest BCUT2D eigenvalue weighted by Gasteiger charge is -2.32. The molecule has 0 saturated carbocycles. The second-order valence-electron chi connectivity index (χ2n) is 5.61. The number of hydrogen-bond acceptors (Lipinski definition) is 3. The van der Waals surface area contributed by atoms with Crippen LogP contribution in [0.1, 0.15) is 31.7 Å². The van der Waals surface area contributed by atoms with Crippen molar-refractivity contribution < 1.29 is 0 Å². The number of hydrogen-bond donors (Lipinski definition) is 1. The zero-order valence-corrected chi connectivity index (χ0v) is 12.5. The van der Waals surface area contributed by atoms with Crippen molar-refractivity contribution in [1.82, 2.24) is 10.2 Å². The average molecular weight is 261 g/mol. The van der Waals surface area contributed by atoms with Gasteiger partial charge in [-0.25, -0.2) is 0 Å². The Kier molecular flexibility index (Phi) is 5.23. The van der Waals surface area contributed by atoms with Gasteiger partial charge in [-0.05, 0) is 30.0 Å². The molecule has 19 heavy (non-hydrogen) atoms. The Labute approximate surface area is 117 Å². The van der Waals surface area contributed by atoms with E-state index in [-0.39, 0.29) is 0 Å². The molecule has 1 N–H and O–H groups in total. The summed E-state index contributed by atoms with van der Waals surface area (Å²) < 4.78 is 0. The van der Waals surface area contributed by atoms with E-state index in [1.807, 2.05) is 0 Å². The molecule has 0 bridgehead atoms. The fourth-order valence-corrected chi connectivity index (χ4v) is 2.53. The lowest BCUT2D eigenvalue weighted by molar-refractivity contribution is 0.243. The lowest BCUT2D eigenvalue weighted by atomic mass is 9.98. The molecule has 3 nitrogen and oxygen atoms in total. The third kappa shape index (κ3) is 3.95. The summed E-state index contributed by atoms with van der Waals surface area (Å²) in [4.78, 5) is 4.84. The Morgan fingerprint density at radius 1 is 1.21 bits per heavy atom. The minimum atomic E-state index is 0.660. The molecule has 1 aromatic rings. The van der Waals surface area contributed by atoms with Crippen molar-refractivity contribution in [2.24, 2.45) is 0 Å². The maximum Gasteiger partial charge on any atom is 0.0704 e. The van der Waals surface area contributed by atoms with Crippen molar-refractivity contribution in [3.63, 3.8) is 0 Å². The zero-order valence-electron chi connectivity index (χ0n) is 12.5. The lowest BCUT2D eigenvalue weighted by Crippen LogP contribution is -2.47. The van der Waals surface area contributed by atoms with Gasteiger partial charge in [-0.1, -0.05) is 26.0 Å². The quantitative estimate of drug-likeness (QED) is 0.878. The first-order valence-corrected chi connectivity index (χ1v) is 7.45. The van der Waals surface area contributed by atoms with Crippen LogP contribution < -0.4 is 10.2 Å². The number of nitrogens with zero attached hydrogens (tertiary/aromatic N) is 2. The molecule has 0 spiro atoms. The molecule has 0 aromatic heterocycles. The Morgan fingerprint density at radius 3 is 2.42 bits per heavy atom. The van der Waals surface area contributed by atoms with E-state index in [0.717, 1.165) is 32.8 Å². The molecule has 0 aliphatic carbocycles.